The van der Waals surface area contributed by atoms with E-state index in [0.29, 0.717) is 26.4 Å². The summed E-state index contributed by atoms with van der Waals surface area (Å²) >= 11 is -0.444. The van der Waals surface area contributed by atoms with Gasteiger partial charge < -0.3 is 0 Å². The van der Waals surface area contributed by atoms with E-state index in [1.165, 1.54) is 0 Å². The Morgan fingerprint density at radius 1 is 0.680 bits per heavy atom. The van der Waals surface area contributed by atoms with Gasteiger partial charge in [0.1, 0.15) is 0 Å². The molecule has 0 aliphatic rings. The number of aliphatic hydroxyl groups is 2. The fourth-order valence-corrected chi connectivity index (χ4v) is 4.70. The minimum atomic E-state index is -0.444. The van der Waals surface area contributed by atoms with Crippen molar-refractivity contribution in [2.45, 2.75) is 34.4 Å². The van der Waals surface area contributed by atoms with Gasteiger partial charge >= 0.3 is 160 Å². The van der Waals surface area contributed by atoms with Crippen LogP contribution < -0.4 is 0 Å². The molecule has 0 radical (unpaired) electrons. The SMILES string of the molecule is O[C@@H](COCc1ccccc1)C[Te]C[C@@H](O)COCc1ccccc1. The van der Waals surface area contributed by atoms with E-state index < -0.39 is 33.1 Å². The van der Waals surface area contributed by atoms with Gasteiger partial charge in [-0.15, -0.1) is 0 Å². The summed E-state index contributed by atoms with van der Waals surface area (Å²) in [6.45, 7) is 1.74. The molecular weight excluding hydrogens is 432 g/mol. The van der Waals surface area contributed by atoms with Crippen LogP contribution in [0.4, 0.5) is 0 Å². The van der Waals surface area contributed by atoms with Crippen LogP contribution in [0.2, 0.25) is 8.94 Å². The Labute approximate surface area is 159 Å². The zero-order valence-electron chi connectivity index (χ0n) is 14.3. The van der Waals surface area contributed by atoms with E-state index in [4.69, 9.17) is 9.47 Å². The van der Waals surface area contributed by atoms with Crippen LogP contribution in [0.15, 0.2) is 60.7 Å². The molecule has 0 aliphatic heterocycles. The molecule has 4 nitrogen and oxygen atoms in total. The monoisotopic (exact) mass is 460 g/mol. The zero-order valence-corrected chi connectivity index (χ0v) is 16.6. The van der Waals surface area contributed by atoms with Crippen LogP contribution in [-0.4, -0.2) is 56.6 Å². The fourth-order valence-electron chi connectivity index (χ4n) is 2.21. The van der Waals surface area contributed by atoms with Crippen LogP contribution in [-0.2, 0) is 22.7 Å². The summed E-state index contributed by atoms with van der Waals surface area (Å²) in [5.41, 5.74) is 2.22. The first-order valence-corrected chi connectivity index (χ1v) is 11.7. The van der Waals surface area contributed by atoms with E-state index in [-0.39, 0.29) is 0 Å². The van der Waals surface area contributed by atoms with Gasteiger partial charge in [0.2, 0.25) is 0 Å². The van der Waals surface area contributed by atoms with Crippen LogP contribution in [0.5, 0.6) is 0 Å². The second kappa shape index (κ2) is 12.4. The molecule has 0 saturated carbocycles. The predicted molar refractivity (Wildman–Crippen MR) is 99.6 cm³/mol. The molecule has 0 unspecified atom stereocenters. The Bertz CT molecular complexity index is 513. The summed E-state index contributed by atoms with van der Waals surface area (Å²) in [7, 11) is 0. The molecule has 0 aliphatic carbocycles. The maximum atomic E-state index is 9.96. The summed E-state index contributed by atoms with van der Waals surface area (Å²) in [4.78, 5) is 0. The third kappa shape index (κ3) is 9.36. The van der Waals surface area contributed by atoms with Gasteiger partial charge in [0.05, 0.1) is 0 Å². The third-order valence-electron chi connectivity index (χ3n) is 3.46. The summed E-state index contributed by atoms with van der Waals surface area (Å²) in [6, 6.07) is 19.9. The molecule has 5 heteroatoms. The first-order chi connectivity index (χ1) is 12.2. The van der Waals surface area contributed by atoms with Crippen LogP contribution in [0.25, 0.3) is 0 Å². The summed E-state index contributed by atoms with van der Waals surface area (Å²) < 4.78 is 12.6. The maximum absolute atomic E-state index is 9.96. The average Bonchev–Trinajstić information content (AvgIpc) is 2.63. The standard InChI is InChI=1S/C20H26O4Te/c21-19(13-23-11-17-7-3-1-4-8-17)15-25-16-20(22)14-24-12-18-9-5-2-6-10-18/h1-10,19-22H,11-16H2/t19-,20-/m0/s1. The zero-order chi connectivity index (χ0) is 17.7. The van der Waals surface area contributed by atoms with Crippen LogP contribution in [0.1, 0.15) is 11.1 Å². The van der Waals surface area contributed by atoms with Crippen LogP contribution in [0, 0.1) is 0 Å². The Morgan fingerprint density at radius 2 is 1.08 bits per heavy atom. The van der Waals surface area contributed by atoms with Crippen molar-refractivity contribution in [2.75, 3.05) is 13.2 Å². The molecule has 0 fully saturated rings. The Balaban J connectivity index is 1.48. The molecule has 0 spiro atoms. The van der Waals surface area contributed by atoms with Gasteiger partial charge in [0.15, 0.2) is 0 Å². The summed E-state index contributed by atoms with van der Waals surface area (Å²) in [5, 5.41) is 19.9. The number of aliphatic hydroxyl groups excluding tert-OH is 2. The van der Waals surface area contributed by atoms with Crippen LogP contribution in [0.3, 0.4) is 0 Å². The second-order valence-electron chi connectivity index (χ2n) is 5.85. The number of hydrogen-bond donors (Lipinski definition) is 2. The van der Waals surface area contributed by atoms with Crippen molar-refractivity contribution in [2.24, 2.45) is 0 Å². The number of rotatable bonds is 12. The molecule has 2 aromatic rings. The number of hydrogen-bond acceptors (Lipinski definition) is 4. The molecule has 2 N–H and O–H groups in total. The van der Waals surface area contributed by atoms with E-state index >= 15 is 0 Å². The Hall–Kier alpha value is -0.930. The minimum absolute atomic E-state index is 0.347. The van der Waals surface area contributed by atoms with Crippen molar-refractivity contribution in [1.29, 1.82) is 0 Å². The molecule has 2 aromatic carbocycles. The first kappa shape index (κ1) is 20.4. The topological polar surface area (TPSA) is 58.9 Å². The summed E-state index contributed by atoms with van der Waals surface area (Å²) in [6.07, 6.45) is -0.882. The van der Waals surface area contributed by atoms with Gasteiger partial charge in [-0.2, -0.15) is 0 Å². The Kier molecular flexibility index (Phi) is 10.1. The van der Waals surface area contributed by atoms with Gasteiger partial charge in [-0.1, -0.05) is 0 Å². The normalized spacial score (nSPS) is 13.5. The van der Waals surface area contributed by atoms with Crippen molar-refractivity contribution < 1.29 is 19.7 Å². The van der Waals surface area contributed by atoms with Gasteiger partial charge in [-0.05, 0) is 0 Å². The van der Waals surface area contributed by atoms with Gasteiger partial charge in [-0.3, -0.25) is 0 Å². The quantitative estimate of drug-likeness (QED) is 0.481. The molecule has 0 saturated heterocycles. The van der Waals surface area contributed by atoms with Gasteiger partial charge in [0.25, 0.3) is 0 Å². The molecule has 136 valence electrons. The molecule has 0 bridgehead atoms. The molecule has 0 amide bonds. The first-order valence-electron chi connectivity index (χ1n) is 8.41. The van der Waals surface area contributed by atoms with E-state index in [1.54, 1.807) is 0 Å². The van der Waals surface area contributed by atoms with Crippen molar-refractivity contribution in [3.05, 3.63) is 71.8 Å². The van der Waals surface area contributed by atoms with Crippen molar-refractivity contribution in [3.63, 3.8) is 0 Å². The average molecular weight is 458 g/mol. The van der Waals surface area contributed by atoms with Crippen molar-refractivity contribution in [3.8, 4) is 0 Å². The van der Waals surface area contributed by atoms with Crippen LogP contribution >= 0.6 is 0 Å². The van der Waals surface area contributed by atoms with Crippen molar-refractivity contribution >= 4 is 20.9 Å². The molecule has 25 heavy (non-hydrogen) atoms. The molecular formula is C20H26O4Te. The fraction of sp³-hybridized carbons (Fsp3) is 0.400. The molecule has 2 rings (SSSR count). The Morgan fingerprint density at radius 3 is 1.48 bits per heavy atom. The van der Waals surface area contributed by atoms with E-state index in [0.717, 1.165) is 20.1 Å². The van der Waals surface area contributed by atoms with Gasteiger partial charge in [0, 0.05) is 0 Å². The molecule has 0 heterocycles. The van der Waals surface area contributed by atoms with Gasteiger partial charge in [-0.25, -0.2) is 0 Å². The number of benzene rings is 2. The third-order valence-corrected chi connectivity index (χ3v) is 7.01. The van der Waals surface area contributed by atoms with E-state index in [2.05, 4.69) is 0 Å². The number of ether oxygens (including phenoxy) is 2. The molecule has 2 atom stereocenters. The second-order valence-corrected chi connectivity index (χ2v) is 8.91. The van der Waals surface area contributed by atoms with E-state index in [1.807, 2.05) is 60.7 Å². The van der Waals surface area contributed by atoms with E-state index in [9.17, 15) is 10.2 Å². The summed E-state index contributed by atoms with van der Waals surface area (Å²) in [5.74, 6) is 0. The predicted octanol–water partition coefficient (Wildman–Crippen LogP) is 2.68. The van der Waals surface area contributed by atoms with Crippen molar-refractivity contribution in [1.82, 2.24) is 0 Å². The molecule has 0 aromatic heterocycles.